The monoisotopic (exact) mass is 362 g/mol. The molecule has 2 heterocycles. The minimum absolute atomic E-state index is 0.815. The van der Waals surface area contributed by atoms with Crippen LogP contribution in [0, 0.1) is 6.92 Å². The molecule has 0 N–H and O–H groups in total. The van der Waals surface area contributed by atoms with Crippen LogP contribution in [0.5, 0.6) is 0 Å². The van der Waals surface area contributed by atoms with E-state index in [2.05, 4.69) is 77.9 Å². The molecule has 0 amide bonds. The minimum Gasteiger partial charge on any atom is -0.378 e. The van der Waals surface area contributed by atoms with E-state index in [9.17, 15) is 0 Å². The zero-order valence-corrected chi connectivity index (χ0v) is 15.7. The molecule has 4 rings (SSSR count). The smallest absolute Gasteiger partial charge is 0.116 e. The normalized spacial score (nSPS) is 14.9. The van der Waals surface area contributed by atoms with E-state index in [-0.39, 0.29) is 0 Å². The van der Waals surface area contributed by atoms with Gasteiger partial charge in [-0.1, -0.05) is 48.0 Å². The van der Waals surface area contributed by atoms with Gasteiger partial charge in [-0.05, 0) is 30.7 Å². The minimum atomic E-state index is 0.815. The SMILES string of the molecule is Cc1ccc(-c2csc(/C=C/c3ccc(N4CCOCC4)cc3)n2)cc1. The van der Waals surface area contributed by atoms with Crippen molar-refractivity contribution in [2.24, 2.45) is 0 Å². The molecule has 0 unspecified atom stereocenters. The van der Waals surface area contributed by atoms with Crippen LogP contribution in [0.25, 0.3) is 23.4 Å². The predicted molar refractivity (Wildman–Crippen MR) is 111 cm³/mol. The summed E-state index contributed by atoms with van der Waals surface area (Å²) in [6.07, 6.45) is 4.22. The Kier molecular flexibility index (Phi) is 5.14. The van der Waals surface area contributed by atoms with Crippen molar-refractivity contribution in [3.8, 4) is 11.3 Å². The molecule has 1 aliphatic rings. The zero-order chi connectivity index (χ0) is 17.8. The molecule has 3 nitrogen and oxygen atoms in total. The maximum atomic E-state index is 5.41. The summed E-state index contributed by atoms with van der Waals surface area (Å²) in [4.78, 5) is 7.09. The van der Waals surface area contributed by atoms with Gasteiger partial charge in [-0.3, -0.25) is 0 Å². The van der Waals surface area contributed by atoms with Crippen molar-refractivity contribution in [3.63, 3.8) is 0 Å². The van der Waals surface area contributed by atoms with E-state index in [0.717, 1.165) is 37.0 Å². The topological polar surface area (TPSA) is 25.4 Å². The summed E-state index contributed by atoms with van der Waals surface area (Å²) in [5.74, 6) is 0. The first-order valence-electron chi connectivity index (χ1n) is 8.91. The molecule has 0 spiro atoms. The van der Waals surface area contributed by atoms with Crippen LogP contribution < -0.4 is 4.90 Å². The molecule has 2 aromatic carbocycles. The number of aryl methyl sites for hydroxylation is 1. The number of ether oxygens (including phenoxy) is 1. The van der Waals surface area contributed by atoms with Gasteiger partial charge in [0.25, 0.3) is 0 Å². The second-order valence-corrected chi connectivity index (χ2v) is 7.35. The van der Waals surface area contributed by atoms with Crippen LogP contribution in [0.15, 0.2) is 53.9 Å². The summed E-state index contributed by atoms with van der Waals surface area (Å²) < 4.78 is 5.41. The summed E-state index contributed by atoms with van der Waals surface area (Å²) >= 11 is 1.67. The molecule has 0 aliphatic carbocycles. The zero-order valence-electron chi connectivity index (χ0n) is 14.9. The second kappa shape index (κ2) is 7.85. The van der Waals surface area contributed by atoms with E-state index in [4.69, 9.17) is 9.72 Å². The standard InChI is InChI=1S/C22H22N2OS/c1-17-2-7-19(8-3-17)21-16-26-22(23-21)11-6-18-4-9-20(10-5-18)24-12-14-25-15-13-24/h2-11,16H,12-15H2,1H3/b11-6+. The molecule has 3 aromatic rings. The van der Waals surface area contributed by atoms with Gasteiger partial charge >= 0.3 is 0 Å². The highest BCUT2D eigenvalue weighted by Crippen LogP contribution is 2.24. The highest BCUT2D eigenvalue weighted by atomic mass is 32.1. The highest BCUT2D eigenvalue weighted by Gasteiger charge is 2.10. The number of morpholine rings is 1. The van der Waals surface area contributed by atoms with Crippen LogP contribution in [-0.4, -0.2) is 31.3 Å². The van der Waals surface area contributed by atoms with Crippen LogP contribution in [0.2, 0.25) is 0 Å². The summed E-state index contributed by atoms with van der Waals surface area (Å²) in [5, 5.41) is 3.14. The molecule has 1 aromatic heterocycles. The molecular weight excluding hydrogens is 340 g/mol. The van der Waals surface area contributed by atoms with Crippen LogP contribution in [0.1, 0.15) is 16.1 Å². The third kappa shape index (κ3) is 4.03. The van der Waals surface area contributed by atoms with Crippen LogP contribution in [0.3, 0.4) is 0 Å². The van der Waals surface area contributed by atoms with Gasteiger partial charge in [0.2, 0.25) is 0 Å². The van der Waals surface area contributed by atoms with Crippen molar-refractivity contribution in [3.05, 3.63) is 70.0 Å². The average Bonchev–Trinajstić information content (AvgIpc) is 3.17. The van der Waals surface area contributed by atoms with Crippen molar-refractivity contribution >= 4 is 29.2 Å². The largest absolute Gasteiger partial charge is 0.378 e. The fraction of sp³-hybridized carbons (Fsp3) is 0.227. The maximum Gasteiger partial charge on any atom is 0.116 e. The second-order valence-electron chi connectivity index (χ2n) is 6.46. The first kappa shape index (κ1) is 17.0. The van der Waals surface area contributed by atoms with Crippen LogP contribution in [-0.2, 0) is 4.74 Å². The van der Waals surface area contributed by atoms with E-state index >= 15 is 0 Å². The third-order valence-corrected chi connectivity index (χ3v) is 5.37. The summed E-state index contributed by atoms with van der Waals surface area (Å²) in [7, 11) is 0. The third-order valence-electron chi connectivity index (χ3n) is 4.56. The van der Waals surface area contributed by atoms with Gasteiger partial charge in [0, 0.05) is 29.7 Å². The van der Waals surface area contributed by atoms with Gasteiger partial charge in [0.1, 0.15) is 5.01 Å². The number of benzene rings is 2. The molecule has 4 heteroatoms. The molecule has 0 bridgehead atoms. The number of anilines is 1. The molecule has 0 atom stereocenters. The van der Waals surface area contributed by atoms with E-state index in [1.54, 1.807) is 11.3 Å². The number of thiazole rings is 1. The molecule has 1 saturated heterocycles. The Morgan fingerprint density at radius 2 is 1.69 bits per heavy atom. The maximum absolute atomic E-state index is 5.41. The predicted octanol–water partition coefficient (Wildman–Crippen LogP) is 5.13. The van der Waals surface area contributed by atoms with Gasteiger partial charge in [-0.2, -0.15) is 0 Å². The fourth-order valence-corrected chi connectivity index (χ4v) is 3.73. The van der Waals surface area contributed by atoms with Gasteiger partial charge < -0.3 is 9.64 Å². The van der Waals surface area contributed by atoms with Crippen molar-refractivity contribution < 1.29 is 4.74 Å². The highest BCUT2D eigenvalue weighted by molar-refractivity contribution is 7.10. The molecule has 26 heavy (non-hydrogen) atoms. The lowest BCUT2D eigenvalue weighted by atomic mass is 10.1. The Morgan fingerprint density at radius 1 is 0.962 bits per heavy atom. The number of rotatable bonds is 4. The van der Waals surface area contributed by atoms with Crippen molar-refractivity contribution in [1.29, 1.82) is 0 Å². The lowest BCUT2D eigenvalue weighted by molar-refractivity contribution is 0.122. The van der Waals surface area contributed by atoms with Gasteiger partial charge in [-0.25, -0.2) is 4.98 Å². The Hall–Kier alpha value is -2.43. The molecule has 1 aliphatic heterocycles. The summed E-state index contributed by atoms with van der Waals surface area (Å²) in [6, 6.07) is 17.2. The van der Waals surface area contributed by atoms with Crippen LogP contribution in [0.4, 0.5) is 5.69 Å². The van der Waals surface area contributed by atoms with E-state index in [1.165, 1.54) is 22.4 Å². The number of hydrogen-bond donors (Lipinski definition) is 0. The summed E-state index contributed by atoms with van der Waals surface area (Å²) in [6.45, 7) is 5.67. The Balaban J connectivity index is 1.44. The quantitative estimate of drug-likeness (QED) is 0.644. The Bertz CT molecular complexity index is 875. The van der Waals surface area contributed by atoms with Gasteiger partial charge in [0.15, 0.2) is 0 Å². The van der Waals surface area contributed by atoms with Gasteiger partial charge in [-0.15, -0.1) is 11.3 Å². The molecule has 0 saturated carbocycles. The van der Waals surface area contributed by atoms with Crippen molar-refractivity contribution in [1.82, 2.24) is 4.98 Å². The molecule has 1 fully saturated rings. The molecular formula is C22H22N2OS. The van der Waals surface area contributed by atoms with Gasteiger partial charge in [0.05, 0.1) is 18.9 Å². The fourth-order valence-electron chi connectivity index (χ4n) is 3.01. The van der Waals surface area contributed by atoms with E-state index < -0.39 is 0 Å². The Labute approximate surface area is 158 Å². The van der Waals surface area contributed by atoms with Crippen molar-refractivity contribution in [2.45, 2.75) is 6.92 Å². The summed E-state index contributed by atoms with van der Waals surface area (Å²) in [5.41, 5.74) is 5.93. The van der Waals surface area contributed by atoms with Crippen LogP contribution >= 0.6 is 11.3 Å². The van der Waals surface area contributed by atoms with E-state index in [0.29, 0.717) is 0 Å². The number of aromatic nitrogens is 1. The number of hydrogen-bond acceptors (Lipinski definition) is 4. The average molecular weight is 362 g/mol. The first-order chi connectivity index (χ1) is 12.8. The van der Waals surface area contributed by atoms with E-state index in [1.807, 2.05) is 0 Å². The first-order valence-corrected chi connectivity index (χ1v) is 9.79. The molecule has 132 valence electrons. The number of nitrogens with zero attached hydrogens (tertiary/aromatic N) is 2. The van der Waals surface area contributed by atoms with Crippen molar-refractivity contribution in [2.75, 3.05) is 31.2 Å². The Morgan fingerprint density at radius 3 is 2.42 bits per heavy atom. The molecule has 0 radical (unpaired) electrons. The lowest BCUT2D eigenvalue weighted by Crippen LogP contribution is -2.36. The lowest BCUT2D eigenvalue weighted by Gasteiger charge is -2.28.